The number of hydrogen-bond donors (Lipinski definition) is 2. The van der Waals surface area contributed by atoms with Gasteiger partial charge in [0.15, 0.2) is 0 Å². The first-order chi connectivity index (χ1) is 5.93. The van der Waals surface area contributed by atoms with Gasteiger partial charge in [-0.1, -0.05) is 0 Å². The Morgan fingerprint density at radius 1 is 0.833 bits per heavy atom. The molecule has 0 radical (unpaired) electrons. The molecule has 12 heavy (non-hydrogen) atoms. The lowest BCUT2D eigenvalue weighted by Crippen LogP contribution is -2.56. The second-order valence-electron chi connectivity index (χ2n) is 4.44. The third kappa shape index (κ3) is 1.00. The minimum absolute atomic E-state index is 0.871. The molecule has 3 heteroatoms. The van der Waals surface area contributed by atoms with E-state index in [-0.39, 0.29) is 0 Å². The molecule has 0 aromatic rings. The summed E-state index contributed by atoms with van der Waals surface area (Å²) in [7, 11) is 0. The number of nitrogens with zero attached hydrogens (tertiary/aromatic N) is 1. The highest BCUT2D eigenvalue weighted by Gasteiger charge is 2.39. The number of fused-ring (bicyclic) bond motifs is 1. The predicted molar refractivity (Wildman–Crippen MR) is 48.1 cm³/mol. The van der Waals surface area contributed by atoms with Crippen LogP contribution >= 0.6 is 0 Å². The Morgan fingerprint density at radius 3 is 1.92 bits per heavy atom. The summed E-state index contributed by atoms with van der Waals surface area (Å²) < 4.78 is 0. The number of rotatable bonds is 1. The smallest absolute Gasteiger partial charge is 0.0345 e. The average Bonchev–Trinajstić information content (AvgIpc) is 2.40. The Kier molecular flexibility index (Phi) is 1.63. The molecule has 0 aromatic carbocycles. The van der Waals surface area contributed by atoms with Crippen LogP contribution in [0.4, 0.5) is 0 Å². The van der Waals surface area contributed by atoms with Crippen molar-refractivity contribution in [1.82, 2.24) is 15.5 Å². The summed E-state index contributed by atoms with van der Waals surface area (Å²) in [5, 5.41) is 6.82. The van der Waals surface area contributed by atoms with E-state index in [2.05, 4.69) is 15.5 Å². The summed E-state index contributed by atoms with van der Waals surface area (Å²) in [6.45, 7) is 7.69. The predicted octanol–water partition coefficient (Wildman–Crippen LogP) is -0.891. The van der Waals surface area contributed by atoms with E-state index < -0.39 is 0 Å². The van der Waals surface area contributed by atoms with E-state index in [1.54, 1.807) is 0 Å². The van der Waals surface area contributed by atoms with Gasteiger partial charge in [-0.15, -0.1) is 0 Å². The van der Waals surface area contributed by atoms with Gasteiger partial charge in [-0.05, 0) is 24.9 Å². The molecule has 3 saturated heterocycles. The molecule has 3 aliphatic rings. The lowest BCUT2D eigenvalue weighted by Gasteiger charge is -2.36. The lowest BCUT2D eigenvalue weighted by atomic mass is 10.0. The van der Waals surface area contributed by atoms with E-state index >= 15 is 0 Å². The Bertz CT molecular complexity index is 167. The van der Waals surface area contributed by atoms with Crippen LogP contribution in [-0.4, -0.2) is 50.2 Å². The fraction of sp³-hybridized carbons (Fsp3) is 1.00. The first-order valence-corrected chi connectivity index (χ1v) is 5.09. The summed E-state index contributed by atoms with van der Waals surface area (Å²) in [5.74, 6) is 1.93. The van der Waals surface area contributed by atoms with Crippen molar-refractivity contribution >= 4 is 0 Å². The van der Waals surface area contributed by atoms with Crippen molar-refractivity contribution < 1.29 is 0 Å². The van der Waals surface area contributed by atoms with Gasteiger partial charge in [0, 0.05) is 32.2 Å². The standard InChI is InChI=1S/C9H17N3/c1-7-5-12(9-3-11-4-9)6-8(7)2-10-1/h7-11H,1-6H2/t7-,8+. The molecule has 3 rings (SSSR count). The molecule has 3 heterocycles. The minimum atomic E-state index is 0.871. The monoisotopic (exact) mass is 167 g/mol. The van der Waals surface area contributed by atoms with Gasteiger partial charge in [0.1, 0.15) is 0 Å². The van der Waals surface area contributed by atoms with Crippen LogP contribution < -0.4 is 10.6 Å². The van der Waals surface area contributed by atoms with E-state index in [1.807, 2.05) is 0 Å². The van der Waals surface area contributed by atoms with Gasteiger partial charge in [0.05, 0.1) is 0 Å². The van der Waals surface area contributed by atoms with Crippen LogP contribution in [0.2, 0.25) is 0 Å². The molecule has 0 spiro atoms. The highest BCUT2D eigenvalue weighted by atomic mass is 15.3. The number of hydrogen-bond acceptors (Lipinski definition) is 3. The van der Waals surface area contributed by atoms with Gasteiger partial charge < -0.3 is 10.6 Å². The summed E-state index contributed by atoms with van der Waals surface area (Å²) in [6, 6.07) is 0.871. The van der Waals surface area contributed by atoms with Crippen LogP contribution in [0, 0.1) is 11.8 Å². The van der Waals surface area contributed by atoms with Crippen LogP contribution in [0.25, 0.3) is 0 Å². The van der Waals surface area contributed by atoms with Gasteiger partial charge in [0.2, 0.25) is 0 Å². The normalized spacial score (nSPS) is 43.0. The van der Waals surface area contributed by atoms with Crippen LogP contribution in [0.3, 0.4) is 0 Å². The fourth-order valence-corrected chi connectivity index (χ4v) is 2.72. The van der Waals surface area contributed by atoms with E-state index in [9.17, 15) is 0 Å². The third-order valence-electron chi connectivity index (χ3n) is 3.69. The van der Waals surface area contributed by atoms with E-state index in [0.717, 1.165) is 17.9 Å². The zero-order chi connectivity index (χ0) is 7.97. The van der Waals surface area contributed by atoms with Gasteiger partial charge in [0.25, 0.3) is 0 Å². The molecule has 3 nitrogen and oxygen atoms in total. The maximum Gasteiger partial charge on any atom is 0.0345 e. The van der Waals surface area contributed by atoms with Crippen molar-refractivity contribution in [2.24, 2.45) is 11.8 Å². The average molecular weight is 167 g/mol. The molecule has 0 unspecified atom stereocenters. The lowest BCUT2D eigenvalue weighted by molar-refractivity contribution is 0.168. The molecule has 0 saturated carbocycles. The van der Waals surface area contributed by atoms with Crippen LogP contribution in [0.5, 0.6) is 0 Å². The van der Waals surface area contributed by atoms with E-state index in [0.29, 0.717) is 0 Å². The number of nitrogens with one attached hydrogen (secondary N) is 2. The Labute approximate surface area is 73.5 Å². The Balaban J connectivity index is 1.63. The van der Waals surface area contributed by atoms with Gasteiger partial charge >= 0.3 is 0 Å². The quantitative estimate of drug-likeness (QED) is 0.530. The third-order valence-corrected chi connectivity index (χ3v) is 3.69. The van der Waals surface area contributed by atoms with Crippen molar-refractivity contribution in [1.29, 1.82) is 0 Å². The molecule has 2 atom stereocenters. The zero-order valence-electron chi connectivity index (χ0n) is 7.42. The molecule has 3 fully saturated rings. The van der Waals surface area contributed by atoms with Gasteiger partial charge in [-0.3, -0.25) is 4.90 Å². The maximum absolute atomic E-state index is 3.48. The molecule has 0 bridgehead atoms. The molecular formula is C9H17N3. The van der Waals surface area contributed by atoms with Gasteiger partial charge in [-0.25, -0.2) is 0 Å². The zero-order valence-corrected chi connectivity index (χ0v) is 7.42. The molecule has 2 N–H and O–H groups in total. The topological polar surface area (TPSA) is 27.3 Å². The van der Waals surface area contributed by atoms with Gasteiger partial charge in [-0.2, -0.15) is 0 Å². The summed E-state index contributed by atoms with van der Waals surface area (Å²) in [6.07, 6.45) is 0. The first-order valence-electron chi connectivity index (χ1n) is 5.09. The van der Waals surface area contributed by atoms with Crippen molar-refractivity contribution in [2.45, 2.75) is 6.04 Å². The summed E-state index contributed by atoms with van der Waals surface area (Å²) in [5.41, 5.74) is 0. The summed E-state index contributed by atoms with van der Waals surface area (Å²) >= 11 is 0. The molecular weight excluding hydrogens is 150 g/mol. The maximum atomic E-state index is 3.48. The Hall–Kier alpha value is -0.120. The largest absolute Gasteiger partial charge is 0.316 e. The fourth-order valence-electron chi connectivity index (χ4n) is 2.72. The first kappa shape index (κ1) is 7.30. The molecule has 68 valence electrons. The van der Waals surface area contributed by atoms with Crippen LogP contribution in [0.15, 0.2) is 0 Å². The highest BCUT2D eigenvalue weighted by molar-refractivity contribution is 4.96. The number of likely N-dealkylation sites (tertiary alicyclic amines) is 1. The second-order valence-corrected chi connectivity index (χ2v) is 4.44. The highest BCUT2D eigenvalue weighted by Crippen LogP contribution is 2.28. The summed E-state index contributed by atoms with van der Waals surface area (Å²) in [4.78, 5) is 2.69. The van der Waals surface area contributed by atoms with Crippen LogP contribution in [-0.2, 0) is 0 Å². The molecule has 0 amide bonds. The minimum Gasteiger partial charge on any atom is -0.316 e. The SMILES string of the molecule is C1NCC1N1C[C@H]2CNC[C@H]2C1. The van der Waals surface area contributed by atoms with Crippen molar-refractivity contribution in [3.63, 3.8) is 0 Å². The van der Waals surface area contributed by atoms with E-state index in [4.69, 9.17) is 0 Å². The molecule has 3 aliphatic heterocycles. The molecule has 0 aliphatic carbocycles. The van der Waals surface area contributed by atoms with Crippen molar-refractivity contribution in [3.05, 3.63) is 0 Å². The van der Waals surface area contributed by atoms with E-state index in [1.165, 1.54) is 39.3 Å². The Morgan fingerprint density at radius 2 is 1.42 bits per heavy atom. The van der Waals surface area contributed by atoms with Crippen molar-refractivity contribution in [3.8, 4) is 0 Å². The van der Waals surface area contributed by atoms with Crippen molar-refractivity contribution in [2.75, 3.05) is 39.3 Å². The second kappa shape index (κ2) is 2.69. The molecule has 0 aromatic heterocycles. The van der Waals surface area contributed by atoms with Crippen LogP contribution in [0.1, 0.15) is 0 Å².